The number of hydrogen-bond acceptors (Lipinski definition) is 2. The third-order valence-electron chi connectivity index (χ3n) is 1.67. The van der Waals surface area contributed by atoms with Gasteiger partial charge in [-0.15, -0.1) is 0 Å². The minimum absolute atomic E-state index is 0.496. The van der Waals surface area contributed by atoms with E-state index in [0.29, 0.717) is 0 Å². The molecule has 0 aliphatic heterocycles. The first-order valence-electron chi connectivity index (χ1n) is 3.65. The van der Waals surface area contributed by atoms with Crippen LogP contribution in [-0.4, -0.2) is 11.3 Å². The maximum Gasteiger partial charge on any atom is 0.131 e. The Labute approximate surface area is 80.1 Å². The van der Waals surface area contributed by atoms with Crippen LogP contribution in [-0.2, 0) is 10.2 Å². The number of nitrogens with zero attached hydrogens (tertiary/aromatic N) is 1. The molecule has 64 valence electrons. The lowest BCUT2D eigenvalue weighted by atomic mass is 9.91. The molecule has 0 saturated carbocycles. The van der Waals surface area contributed by atoms with Crippen LogP contribution < -0.4 is 0 Å². The molecular weight excluding hydrogens is 218 g/mol. The van der Waals surface area contributed by atoms with Crippen molar-refractivity contribution in [2.45, 2.75) is 19.3 Å². The summed E-state index contributed by atoms with van der Waals surface area (Å²) in [6, 6.07) is 5.56. The molecule has 0 bridgehead atoms. The van der Waals surface area contributed by atoms with Crippen LogP contribution in [0.2, 0.25) is 0 Å². The topological polar surface area (TPSA) is 30.0 Å². The molecule has 1 aromatic rings. The van der Waals surface area contributed by atoms with Gasteiger partial charge >= 0.3 is 0 Å². The molecule has 0 N–H and O–H groups in total. The molecule has 1 heterocycles. The van der Waals surface area contributed by atoms with Gasteiger partial charge in [-0.2, -0.15) is 0 Å². The van der Waals surface area contributed by atoms with Crippen LogP contribution in [0.15, 0.2) is 22.8 Å². The second kappa shape index (κ2) is 3.35. The quantitative estimate of drug-likeness (QED) is 0.574. The first-order valence-corrected chi connectivity index (χ1v) is 4.45. The van der Waals surface area contributed by atoms with E-state index in [2.05, 4.69) is 20.9 Å². The van der Waals surface area contributed by atoms with Crippen LogP contribution in [0.25, 0.3) is 0 Å². The molecule has 1 aromatic heterocycles. The highest BCUT2D eigenvalue weighted by Gasteiger charge is 2.20. The smallest absolute Gasteiger partial charge is 0.131 e. The number of hydrogen-bond donors (Lipinski definition) is 0. The fourth-order valence-corrected chi connectivity index (χ4v) is 1.17. The summed E-state index contributed by atoms with van der Waals surface area (Å²) < 4.78 is 0.759. The lowest BCUT2D eigenvalue weighted by Crippen LogP contribution is -2.20. The summed E-state index contributed by atoms with van der Waals surface area (Å²) in [7, 11) is 0. The van der Waals surface area contributed by atoms with E-state index < -0.39 is 5.41 Å². The average Bonchev–Trinajstić information content (AvgIpc) is 2.05. The molecule has 0 amide bonds. The van der Waals surface area contributed by atoms with Crippen molar-refractivity contribution in [1.29, 1.82) is 0 Å². The number of aldehydes is 1. The van der Waals surface area contributed by atoms with Gasteiger partial charge in [-0.25, -0.2) is 4.98 Å². The van der Waals surface area contributed by atoms with E-state index >= 15 is 0 Å². The van der Waals surface area contributed by atoms with Crippen molar-refractivity contribution >= 4 is 22.2 Å². The maximum absolute atomic E-state index is 10.7. The highest BCUT2D eigenvalue weighted by atomic mass is 79.9. The third kappa shape index (κ3) is 1.91. The van der Waals surface area contributed by atoms with Crippen molar-refractivity contribution in [3.63, 3.8) is 0 Å². The van der Waals surface area contributed by atoms with Gasteiger partial charge < -0.3 is 4.79 Å². The lowest BCUT2D eigenvalue weighted by Gasteiger charge is -2.15. The van der Waals surface area contributed by atoms with E-state index in [1.165, 1.54) is 0 Å². The molecule has 0 unspecified atom stereocenters. The summed E-state index contributed by atoms with van der Waals surface area (Å²) in [6.45, 7) is 3.68. The number of rotatable bonds is 2. The van der Waals surface area contributed by atoms with Gasteiger partial charge in [-0.3, -0.25) is 0 Å². The predicted molar refractivity (Wildman–Crippen MR) is 51.0 cm³/mol. The molecule has 1 rings (SSSR count). The lowest BCUT2D eigenvalue weighted by molar-refractivity contribution is -0.111. The zero-order valence-corrected chi connectivity index (χ0v) is 8.63. The molecule has 12 heavy (non-hydrogen) atoms. The van der Waals surface area contributed by atoms with Crippen molar-refractivity contribution in [3.8, 4) is 0 Å². The molecule has 0 aliphatic rings. The van der Waals surface area contributed by atoms with Crippen LogP contribution in [0.1, 0.15) is 19.5 Å². The van der Waals surface area contributed by atoms with E-state index in [0.717, 1.165) is 16.6 Å². The van der Waals surface area contributed by atoms with Gasteiger partial charge in [0.15, 0.2) is 0 Å². The summed E-state index contributed by atoms with van der Waals surface area (Å²) in [6.07, 6.45) is 0.905. The minimum Gasteiger partial charge on any atom is -0.302 e. The Morgan fingerprint density at radius 1 is 1.50 bits per heavy atom. The molecule has 0 radical (unpaired) electrons. The third-order valence-corrected chi connectivity index (χ3v) is 2.11. The molecular formula is C9H10BrNO. The Bertz CT molecular complexity index is 296. The zero-order chi connectivity index (χ0) is 9.19. The van der Waals surface area contributed by atoms with Crippen LogP contribution in [0.3, 0.4) is 0 Å². The molecule has 3 heteroatoms. The van der Waals surface area contributed by atoms with Crippen LogP contribution >= 0.6 is 15.9 Å². The van der Waals surface area contributed by atoms with Crippen molar-refractivity contribution in [2.75, 3.05) is 0 Å². The second-order valence-electron chi connectivity index (χ2n) is 3.19. The van der Waals surface area contributed by atoms with Crippen molar-refractivity contribution in [1.82, 2.24) is 4.98 Å². The highest BCUT2D eigenvalue weighted by molar-refractivity contribution is 9.10. The maximum atomic E-state index is 10.7. The molecule has 0 atom stereocenters. The Kier molecular flexibility index (Phi) is 2.62. The fourth-order valence-electron chi connectivity index (χ4n) is 0.827. The first kappa shape index (κ1) is 9.39. The summed E-state index contributed by atoms with van der Waals surface area (Å²) in [4.78, 5) is 14.9. The number of carbonyl (C=O) groups is 1. The van der Waals surface area contributed by atoms with Gasteiger partial charge in [0, 0.05) is 0 Å². The van der Waals surface area contributed by atoms with Crippen LogP contribution in [0, 0.1) is 0 Å². The van der Waals surface area contributed by atoms with Gasteiger partial charge in [-0.1, -0.05) is 6.07 Å². The van der Waals surface area contributed by atoms with E-state index in [9.17, 15) is 4.79 Å². The standard InChI is InChI=1S/C9H10BrNO/c1-9(2,6-12)7-4-3-5-8(10)11-7/h3-6H,1-2H3. The Morgan fingerprint density at radius 3 is 2.67 bits per heavy atom. The van der Waals surface area contributed by atoms with Gasteiger partial charge in [0.05, 0.1) is 11.1 Å². The van der Waals surface area contributed by atoms with Crippen molar-refractivity contribution in [2.24, 2.45) is 0 Å². The number of pyridine rings is 1. The Morgan fingerprint density at radius 2 is 2.17 bits per heavy atom. The van der Waals surface area contributed by atoms with Crippen molar-refractivity contribution in [3.05, 3.63) is 28.5 Å². The van der Waals surface area contributed by atoms with Gasteiger partial charge in [0.2, 0.25) is 0 Å². The monoisotopic (exact) mass is 227 g/mol. The molecule has 0 spiro atoms. The first-order chi connectivity index (χ1) is 5.56. The van der Waals surface area contributed by atoms with Crippen molar-refractivity contribution < 1.29 is 4.79 Å². The molecule has 0 fully saturated rings. The number of aromatic nitrogens is 1. The zero-order valence-electron chi connectivity index (χ0n) is 7.04. The largest absolute Gasteiger partial charge is 0.302 e. The average molecular weight is 228 g/mol. The van der Waals surface area contributed by atoms with Gasteiger partial charge in [0.25, 0.3) is 0 Å². The second-order valence-corrected chi connectivity index (χ2v) is 4.00. The van der Waals surface area contributed by atoms with Crippen LogP contribution in [0.5, 0.6) is 0 Å². The Balaban J connectivity index is 3.11. The molecule has 2 nitrogen and oxygen atoms in total. The summed E-state index contributed by atoms with van der Waals surface area (Å²) in [5, 5.41) is 0. The molecule has 0 saturated heterocycles. The minimum atomic E-state index is -0.496. The summed E-state index contributed by atoms with van der Waals surface area (Å²) in [5.41, 5.74) is 0.288. The Hall–Kier alpha value is -0.700. The summed E-state index contributed by atoms with van der Waals surface area (Å²) >= 11 is 3.26. The van der Waals surface area contributed by atoms with Gasteiger partial charge in [-0.05, 0) is 41.9 Å². The molecule has 0 aliphatic carbocycles. The SMILES string of the molecule is CC(C)(C=O)c1cccc(Br)n1. The summed E-state index contributed by atoms with van der Waals surface area (Å²) in [5.74, 6) is 0. The van der Waals surface area contributed by atoms with Gasteiger partial charge in [0.1, 0.15) is 10.9 Å². The van der Waals surface area contributed by atoms with E-state index in [1.807, 2.05) is 32.0 Å². The predicted octanol–water partition coefficient (Wildman–Crippen LogP) is 2.32. The molecule has 0 aromatic carbocycles. The van der Waals surface area contributed by atoms with E-state index in [-0.39, 0.29) is 0 Å². The fraction of sp³-hybridized carbons (Fsp3) is 0.333. The normalized spacial score (nSPS) is 11.2. The number of halogens is 1. The van der Waals surface area contributed by atoms with Crippen LogP contribution in [0.4, 0.5) is 0 Å². The highest BCUT2D eigenvalue weighted by Crippen LogP contribution is 2.19. The van der Waals surface area contributed by atoms with E-state index in [1.54, 1.807) is 0 Å². The number of carbonyl (C=O) groups excluding carboxylic acids is 1. The van der Waals surface area contributed by atoms with E-state index in [4.69, 9.17) is 0 Å².